The smallest absolute Gasteiger partial charge is 0.332 e. The maximum Gasteiger partial charge on any atom is 0.332 e. The van der Waals surface area contributed by atoms with E-state index in [1.165, 1.54) is 109 Å². The number of carbonyl (C=O) groups is 1. The number of ether oxygens (including phenoxy) is 1. The minimum absolute atomic E-state index is 0.353. The monoisotopic (exact) mass is 426 g/mol. The standard InChI is InChI=1S/C26H50O4/c1-2-25(28)30-26(29)23-21-19-17-15-13-11-9-7-5-3-4-6-8-10-12-14-16-18-20-22-24-27/h2,26-27,29H,1,3-24H2. The summed E-state index contributed by atoms with van der Waals surface area (Å²) in [6.45, 7) is 3.67. The summed E-state index contributed by atoms with van der Waals surface area (Å²) in [5.41, 5.74) is 0. The molecule has 2 N–H and O–H groups in total. The van der Waals surface area contributed by atoms with Crippen molar-refractivity contribution in [1.29, 1.82) is 0 Å². The first-order valence-electron chi connectivity index (χ1n) is 12.8. The average molecular weight is 427 g/mol. The van der Waals surface area contributed by atoms with E-state index < -0.39 is 12.3 Å². The van der Waals surface area contributed by atoms with E-state index >= 15 is 0 Å². The van der Waals surface area contributed by atoms with Crippen molar-refractivity contribution in [3.63, 3.8) is 0 Å². The molecule has 0 aliphatic carbocycles. The number of hydrogen-bond acceptors (Lipinski definition) is 4. The lowest BCUT2D eigenvalue weighted by atomic mass is 10.0. The van der Waals surface area contributed by atoms with Gasteiger partial charge in [0.2, 0.25) is 6.29 Å². The molecule has 4 heteroatoms. The highest BCUT2D eigenvalue weighted by atomic mass is 16.6. The third-order valence-corrected chi connectivity index (χ3v) is 5.78. The van der Waals surface area contributed by atoms with Gasteiger partial charge in [-0.2, -0.15) is 0 Å². The number of rotatable bonds is 24. The Morgan fingerprint density at radius 2 is 0.933 bits per heavy atom. The highest BCUT2D eigenvalue weighted by Gasteiger charge is 2.07. The third-order valence-electron chi connectivity index (χ3n) is 5.78. The second-order valence-corrected chi connectivity index (χ2v) is 8.68. The molecule has 4 nitrogen and oxygen atoms in total. The van der Waals surface area contributed by atoms with Crippen molar-refractivity contribution in [2.75, 3.05) is 6.61 Å². The number of hydrogen-bond donors (Lipinski definition) is 2. The van der Waals surface area contributed by atoms with Gasteiger partial charge in [0.1, 0.15) is 0 Å². The molecule has 0 aromatic rings. The molecule has 0 rings (SSSR count). The van der Waals surface area contributed by atoms with E-state index in [-0.39, 0.29) is 0 Å². The maximum atomic E-state index is 10.9. The van der Waals surface area contributed by atoms with Crippen molar-refractivity contribution in [2.24, 2.45) is 0 Å². The molecule has 0 heterocycles. The fourth-order valence-corrected chi connectivity index (χ4v) is 3.85. The van der Waals surface area contributed by atoms with Crippen molar-refractivity contribution >= 4 is 5.97 Å². The van der Waals surface area contributed by atoms with E-state index in [2.05, 4.69) is 6.58 Å². The molecule has 0 saturated heterocycles. The Balaban J connectivity index is 3.10. The van der Waals surface area contributed by atoms with Crippen LogP contribution in [0.2, 0.25) is 0 Å². The van der Waals surface area contributed by atoms with Crippen LogP contribution in [-0.2, 0) is 9.53 Å². The van der Waals surface area contributed by atoms with E-state index in [9.17, 15) is 9.90 Å². The lowest BCUT2D eigenvalue weighted by Crippen LogP contribution is -2.15. The zero-order chi connectivity index (χ0) is 22.1. The van der Waals surface area contributed by atoms with E-state index in [0.717, 1.165) is 25.3 Å². The molecule has 0 aromatic heterocycles. The third kappa shape index (κ3) is 23.4. The Morgan fingerprint density at radius 1 is 0.633 bits per heavy atom. The predicted octanol–water partition coefficient (Wildman–Crippen LogP) is 7.22. The van der Waals surface area contributed by atoms with Crippen LogP contribution in [0.5, 0.6) is 0 Å². The SMILES string of the molecule is C=CC(=O)OC(O)CCCCCCCCCCCCCCCCCCCCCCO. The van der Waals surface area contributed by atoms with Crippen LogP contribution in [0.3, 0.4) is 0 Å². The number of aliphatic hydroxyl groups is 2. The first kappa shape index (κ1) is 29.1. The summed E-state index contributed by atoms with van der Waals surface area (Å²) in [4.78, 5) is 10.9. The minimum atomic E-state index is -0.983. The summed E-state index contributed by atoms with van der Waals surface area (Å²) in [7, 11) is 0. The molecule has 1 atom stereocenters. The zero-order valence-corrected chi connectivity index (χ0v) is 19.6. The highest BCUT2D eigenvalue weighted by molar-refractivity contribution is 5.81. The topological polar surface area (TPSA) is 66.8 Å². The Kier molecular flexibility index (Phi) is 23.7. The van der Waals surface area contributed by atoms with Crippen LogP contribution in [-0.4, -0.2) is 29.1 Å². The van der Waals surface area contributed by atoms with Gasteiger partial charge in [0.25, 0.3) is 0 Å². The normalized spacial score (nSPS) is 12.1. The van der Waals surface area contributed by atoms with E-state index in [4.69, 9.17) is 9.84 Å². The number of carbonyl (C=O) groups excluding carboxylic acids is 1. The quantitative estimate of drug-likeness (QED) is 0.0740. The van der Waals surface area contributed by atoms with Crippen molar-refractivity contribution in [2.45, 2.75) is 141 Å². The van der Waals surface area contributed by atoms with Crippen LogP contribution >= 0.6 is 0 Å². The molecule has 1 unspecified atom stereocenters. The first-order chi connectivity index (χ1) is 14.7. The number of unbranched alkanes of at least 4 members (excludes halogenated alkanes) is 19. The summed E-state index contributed by atoms with van der Waals surface area (Å²) in [5, 5.41) is 18.2. The van der Waals surface area contributed by atoms with Gasteiger partial charge in [-0.15, -0.1) is 0 Å². The molecule has 0 aliphatic rings. The lowest BCUT2D eigenvalue weighted by molar-refractivity contribution is -0.162. The molecule has 0 aromatic carbocycles. The fraction of sp³-hybridized carbons (Fsp3) is 0.885. The first-order valence-corrected chi connectivity index (χ1v) is 12.8. The average Bonchev–Trinajstić information content (AvgIpc) is 2.74. The molecule has 0 bridgehead atoms. The Bertz CT molecular complexity index is 370. The number of aliphatic hydroxyl groups excluding tert-OH is 2. The second kappa shape index (κ2) is 24.4. The van der Waals surface area contributed by atoms with Crippen LogP contribution < -0.4 is 0 Å². The summed E-state index contributed by atoms with van der Waals surface area (Å²) in [6, 6.07) is 0. The van der Waals surface area contributed by atoms with Crippen molar-refractivity contribution in [3.8, 4) is 0 Å². The highest BCUT2D eigenvalue weighted by Crippen LogP contribution is 2.15. The Labute approximate surface area is 186 Å². The van der Waals surface area contributed by atoms with Gasteiger partial charge in [-0.1, -0.05) is 122 Å². The summed E-state index contributed by atoms with van der Waals surface area (Å²) in [6.07, 6.45) is 26.5. The van der Waals surface area contributed by atoms with Gasteiger partial charge in [0, 0.05) is 19.1 Å². The number of esters is 1. The van der Waals surface area contributed by atoms with Gasteiger partial charge in [-0.3, -0.25) is 0 Å². The van der Waals surface area contributed by atoms with Gasteiger partial charge in [-0.25, -0.2) is 4.79 Å². The van der Waals surface area contributed by atoms with E-state index in [1.54, 1.807) is 0 Å². The van der Waals surface area contributed by atoms with Crippen LogP contribution in [0.4, 0.5) is 0 Å². The van der Waals surface area contributed by atoms with E-state index in [0.29, 0.717) is 13.0 Å². The Hall–Kier alpha value is -0.870. The lowest BCUT2D eigenvalue weighted by Gasteiger charge is -2.10. The Morgan fingerprint density at radius 3 is 1.23 bits per heavy atom. The van der Waals surface area contributed by atoms with Gasteiger partial charge in [0.15, 0.2) is 0 Å². The zero-order valence-electron chi connectivity index (χ0n) is 19.6. The van der Waals surface area contributed by atoms with Crippen molar-refractivity contribution in [3.05, 3.63) is 12.7 Å². The van der Waals surface area contributed by atoms with Crippen LogP contribution in [0.15, 0.2) is 12.7 Å². The molecule has 0 radical (unpaired) electrons. The van der Waals surface area contributed by atoms with Gasteiger partial charge in [-0.05, 0) is 12.8 Å². The van der Waals surface area contributed by atoms with Gasteiger partial charge < -0.3 is 14.9 Å². The van der Waals surface area contributed by atoms with Crippen LogP contribution in [0, 0.1) is 0 Å². The molecule has 30 heavy (non-hydrogen) atoms. The maximum absolute atomic E-state index is 10.9. The second-order valence-electron chi connectivity index (χ2n) is 8.68. The van der Waals surface area contributed by atoms with Gasteiger partial charge >= 0.3 is 5.97 Å². The van der Waals surface area contributed by atoms with Crippen molar-refractivity contribution < 1.29 is 19.7 Å². The van der Waals surface area contributed by atoms with Crippen LogP contribution in [0.1, 0.15) is 135 Å². The fourth-order valence-electron chi connectivity index (χ4n) is 3.85. The molecular formula is C26H50O4. The summed E-state index contributed by atoms with van der Waals surface area (Å²) in [5.74, 6) is -0.556. The molecule has 0 amide bonds. The summed E-state index contributed by atoms with van der Waals surface area (Å²) >= 11 is 0. The molecule has 178 valence electrons. The summed E-state index contributed by atoms with van der Waals surface area (Å²) < 4.78 is 4.74. The molecule has 0 aliphatic heterocycles. The van der Waals surface area contributed by atoms with Gasteiger partial charge in [0.05, 0.1) is 0 Å². The molecular weight excluding hydrogens is 376 g/mol. The minimum Gasteiger partial charge on any atom is -0.433 e. The predicted molar refractivity (Wildman–Crippen MR) is 126 cm³/mol. The van der Waals surface area contributed by atoms with Crippen LogP contribution in [0.25, 0.3) is 0 Å². The largest absolute Gasteiger partial charge is 0.433 e. The molecule has 0 fully saturated rings. The molecule has 0 spiro atoms. The van der Waals surface area contributed by atoms with Crippen molar-refractivity contribution in [1.82, 2.24) is 0 Å². The van der Waals surface area contributed by atoms with E-state index in [1.807, 2.05) is 0 Å². The molecule has 0 saturated carbocycles.